The van der Waals surface area contributed by atoms with E-state index in [1.165, 1.54) is 6.07 Å². The fourth-order valence-corrected chi connectivity index (χ4v) is 3.17. The molecule has 0 aliphatic rings. The molecule has 112 valence electrons. The van der Waals surface area contributed by atoms with E-state index in [0.717, 1.165) is 5.56 Å². The minimum atomic E-state index is -0.222. The smallest absolute Gasteiger partial charge is 0.145 e. The number of rotatable bonds is 5. The molecule has 0 saturated carbocycles. The molecule has 0 saturated heterocycles. The van der Waals surface area contributed by atoms with Gasteiger partial charge in [0.2, 0.25) is 0 Å². The van der Waals surface area contributed by atoms with E-state index in [1.807, 2.05) is 12.1 Å². The molecule has 0 radical (unpaired) electrons. The van der Waals surface area contributed by atoms with Gasteiger partial charge < -0.3 is 9.47 Å². The van der Waals surface area contributed by atoms with Crippen molar-refractivity contribution in [1.29, 1.82) is 0 Å². The van der Waals surface area contributed by atoms with Crippen LogP contribution in [0.25, 0.3) is 0 Å². The molecule has 0 heterocycles. The van der Waals surface area contributed by atoms with Crippen molar-refractivity contribution in [2.24, 2.45) is 0 Å². The highest BCUT2D eigenvalue weighted by molar-refractivity contribution is 9.09. The molecule has 1 atom stereocenters. The molecule has 2 rings (SSSR count). The van der Waals surface area contributed by atoms with E-state index in [1.54, 1.807) is 32.4 Å². The molecule has 5 heteroatoms. The number of ether oxygens (including phenoxy) is 2. The van der Waals surface area contributed by atoms with E-state index in [4.69, 9.17) is 21.1 Å². The number of methoxy groups -OCH3 is 2. The summed E-state index contributed by atoms with van der Waals surface area (Å²) in [6.45, 7) is 0. The first kappa shape index (κ1) is 16.1. The summed E-state index contributed by atoms with van der Waals surface area (Å²) in [7, 11) is 3.10. The van der Waals surface area contributed by atoms with Crippen LogP contribution in [0.4, 0.5) is 4.39 Å². The predicted molar refractivity (Wildman–Crippen MR) is 86.3 cm³/mol. The van der Waals surface area contributed by atoms with E-state index in [9.17, 15) is 4.39 Å². The molecule has 0 N–H and O–H groups in total. The van der Waals surface area contributed by atoms with Crippen LogP contribution in [0.3, 0.4) is 0 Å². The van der Waals surface area contributed by atoms with Gasteiger partial charge in [-0.05, 0) is 24.1 Å². The summed E-state index contributed by atoms with van der Waals surface area (Å²) in [5, 5.41) is 0.412. The van der Waals surface area contributed by atoms with Crippen LogP contribution in [0.15, 0.2) is 36.4 Å². The highest BCUT2D eigenvalue weighted by Gasteiger charge is 2.20. The number of benzene rings is 2. The topological polar surface area (TPSA) is 18.5 Å². The van der Waals surface area contributed by atoms with Crippen LogP contribution >= 0.6 is 27.5 Å². The Kier molecular flexibility index (Phi) is 5.48. The highest BCUT2D eigenvalue weighted by atomic mass is 79.9. The Bertz CT molecular complexity index is 634. The Morgan fingerprint density at radius 1 is 1.14 bits per heavy atom. The summed E-state index contributed by atoms with van der Waals surface area (Å²) in [5.41, 5.74) is 1.49. The lowest BCUT2D eigenvalue weighted by Gasteiger charge is -2.17. The van der Waals surface area contributed by atoms with Gasteiger partial charge in [-0.25, -0.2) is 4.39 Å². The minimum absolute atomic E-state index is 0.118. The van der Waals surface area contributed by atoms with Crippen LogP contribution in [0.2, 0.25) is 5.02 Å². The Balaban J connectivity index is 2.33. The third-order valence-electron chi connectivity index (χ3n) is 3.21. The Hall–Kier alpha value is -1.26. The second kappa shape index (κ2) is 7.14. The lowest BCUT2D eigenvalue weighted by molar-refractivity contribution is 0.391. The van der Waals surface area contributed by atoms with Crippen molar-refractivity contribution in [2.75, 3.05) is 14.2 Å². The Morgan fingerprint density at radius 2 is 1.86 bits per heavy atom. The van der Waals surface area contributed by atoms with E-state index < -0.39 is 0 Å². The van der Waals surface area contributed by atoms with Crippen LogP contribution in [0, 0.1) is 5.82 Å². The number of halogens is 3. The first-order chi connectivity index (χ1) is 10.1. The van der Waals surface area contributed by atoms with Gasteiger partial charge >= 0.3 is 0 Å². The van der Waals surface area contributed by atoms with Gasteiger partial charge in [0, 0.05) is 10.4 Å². The maximum absolute atomic E-state index is 13.7. The average Bonchev–Trinajstić information content (AvgIpc) is 2.49. The molecule has 0 aliphatic heterocycles. The monoisotopic (exact) mass is 372 g/mol. The van der Waals surface area contributed by atoms with Crippen molar-refractivity contribution in [3.8, 4) is 11.5 Å². The number of hydrogen-bond donors (Lipinski definition) is 0. The van der Waals surface area contributed by atoms with Crippen molar-refractivity contribution in [3.63, 3.8) is 0 Å². The van der Waals surface area contributed by atoms with Crippen LogP contribution in [-0.4, -0.2) is 14.2 Å². The Morgan fingerprint density at radius 3 is 2.48 bits per heavy atom. The molecule has 0 aliphatic carbocycles. The van der Waals surface area contributed by atoms with E-state index in [2.05, 4.69) is 15.9 Å². The van der Waals surface area contributed by atoms with Crippen LogP contribution in [-0.2, 0) is 6.42 Å². The SMILES string of the molecule is COc1ccc(C(Br)Cc2ccccc2F)c(OC)c1Cl. The summed E-state index contributed by atoms with van der Waals surface area (Å²) in [4.78, 5) is -0.118. The molecule has 21 heavy (non-hydrogen) atoms. The molecular formula is C16H15BrClFO2. The molecule has 2 aromatic rings. The molecule has 0 amide bonds. The summed E-state index contributed by atoms with van der Waals surface area (Å²) < 4.78 is 24.3. The van der Waals surface area contributed by atoms with Crippen molar-refractivity contribution in [3.05, 3.63) is 58.4 Å². The Labute approximate surface area is 137 Å². The van der Waals surface area contributed by atoms with Crippen molar-refractivity contribution in [1.82, 2.24) is 0 Å². The van der Waals surface area contributed by atoms with Crippen molar-refractivity contribution < 1.29 is 13.9 Å². The second-order valence-electron chi connectivity index (χ2n) is 4.47. The summed E-state index contributed by atoms with van der Waals surface area (Å²) in [6, 6.07) is 10.3. The quantitative estimate of drug-likeness (QED) is 0.673. The van der Waals surface area contributed by atoms with Gasteiger partial charge in [0.05, 0.1) is 14.2 Å². The van der Waals surface area contributed by atoms with Crippen LogP contribution < -0.4 is 9.47 Å². The standard InChI is InChI=1S/C16H15BrClFO2/c1-20-14-8-7-11(16(21-2)15(14)18)12(17)9-10-5-3-4-6-13(10)19/h3-8,12H,9H2,1-2H3. The summed E-state index contributed by atoms with van der Waals surface area (Å²) in [5.74, 6) is 0.859. The lowest BCUT2D eigenvalue weighted by Crippen LogP contribution is -2.02. The molecule has 0 spiro atoms. The van der Waals surface area contributed by atoms with Gasteiger partial charge in [-0.15, -0.1) is 0 Å². The molecule has 0 aromatic heterocycles. The third kappa shape index (κ3) is 3.50. The summed E-state index contributed by atoms with van der Waals surface area (Å²) >= 11 is 9.83. The third-order valence-corrected chi connectivity index (χ3v) is 4.39. The van der Waals surface area contributed by atoms with E-state index in [0.29, 0.717) is 28.5 Å². The molecule has 1 unspecified atom stereocenters. The molecule has 0 bridgehead atoms. The fraction of sp³-hybridized carbons (Fsp3) is 0.250. The largest absolute Gasteiger partial charge is 0.495 e. The van der Waals surface area contributed by atoms with Gasteiger partial charge in [-0.1, -0.05) is 51.8 Å². The van der Waals surface area contributed by atoms with Crippen LogP contribution in [0.5, 0.6) is 11.5 Å². The molecule has 2 aromatic carbocycles. The zero-order chi connectivity index (χ0) is 15.4. The summed E-state index contributed by atoms with van der Waals surface area (Å²) in [6.07, 6.45) is 0.492. The van der Waals surface area contributed by atoms with Gasteiger partial charge in [0.25, 0.3) is 0 Å². The molecule has 0 fully saturated rings. The maximum Gasteiger partial charge on any atom is 0.145 e. The normalized spacial score (nSPS) is 12.0. The van der Waals surface area contributed by atoms with Crippen molar-refractivity contribution >= 4 is 27.5 Å². The first-order valence-corrected chi connectivity index (χ1v) is 7.65. The highest BCUT2D eigenvalue weighted by Crippen LogP contribution is 2.42. The average molecular weight is 374 g/mol. The fourth-order valence-electron chi connectivity index (χ4n) is 2.13. The predicted octanol–water partition coefficient (Wildman–Crippen LogP) is 5.18. The molecule has 2 nitrogen and oxygen atoms in total. The lowest BCUT2D eigenvalue weighted by atomic mass is 10.0. The second-order valence-corrected chi connectivity index (χ2v) is 5.95. The zero-order valence-corrected chi connectivity index (χ0v) is 14.0. The number of alkyl halides is 1. The number of hydrogen-bond acceptors (Lipinski definition) is 2. The first-order valence-electron chi connectivity index (χ1n) is 6.36. The minimum Gasteiger partial charge on any atom is -0.495 e. The van der Waals surface area contributed by atoms with Crippen molar-refractivity contribution in [2.45, 2.75) is 11.2 Å². The molecular weight excluding hydrogens is 359 g/mol. The van der Waals surface area contributed by atoms with Gasteiger partial charge in [-0.2, -0.15) is 0 Å². The van der Waals surface area contributed by atoms with E-state index in [-0.39, 0.29) is 10.6 Å². The van der Waals surface area contributed by atoms with E-state index >= 15 is 0 Å². The van der Waals surface area contributed by atoms with Gasteiger partial charge in [0.1, 0.15) is 22.3 Å². The van der Waals surface area contributed by atoms with Crippen LogP contribution in [0.1, 0.15) is 16.0 Å². The van der Waals surface area contributed by atoms with Gasteiger partial charge in [0.15, 0.2) is 0 Å². The maximum atomic E-state index is 13.7. The zero-order valence-electron chi connectivity index (χ0n) is 11.7. The van der Waals surface area contributed by atoms with Gasteiger partial charge in [-0.3, -0.25) is 0 Å².